The molecule has 0 radical (unpaired) electrons. The van der Waals surface area contributed by atoms with Crippen molar-refractivity contribution in [1.29, 1.82) is 0 Å². The fourth-order valence-electron chi connectivity index (χ4n) is 1.28. The van der Waals surface area contributed by atoms with Crippen LogP contribution < -0.4 is 5.73 Å². The van der Waals surface area contributed by atoms with Gasteiger partial charge in [-0.3, -0.25) is 14.9 Å². The van der Waals surface area contributed by atoms with Crippen LogP contribution in [0, 0.1) is 28.9 Å². The largest absolute Gasteiger partial charge is 0.393 e. The van der Waals surface area contributed by atoms with Gasteiger partial charge in [0.2, 0.25) is 0 Å². The predicted octanol–water partition coefficient (Wildman–Crippen LogP) is 2.12. The number of hydrogen-bond donors (Lipinski definition) is 1. The van der Waals surface area contributed by atoms with Crippen LogP contribution in [0.2, 0.25) is 0 Å². The van der Waals surface area contributed by atoms with Gasteiger partial charge in [0.05, 0.1) is 10.7 Å². The summed E-state index contributed by atoms with van der Waals surface area (Å²) in [7, 11) is 0. The number of benzene rings is 1. The zero-order valence-electron chi connectivity index (χ0n) is 10.0. The first-order valence-electron chi connectivity index (χ1n) is 5.08. The normalized spacial score (nSPS) is 9.44. The highest BCUT2D eigenvalue weighted by molar-refractivity contribution is 8.13. The van der Waals surface area contributed by atoms with Gasteiger partial charge in [-0.05, 0) is 18.6 Å². The molecule has 0 aromatic heterocycles. The standard InChI is InChI=1S/C12H12N2O3S/c1-8-6-10(4-3-5-18-9(2)15)7-11(12(8)13)14(16)17/h6-7H,5,13H2,1-2H3. The van der Waals surface area contributed by atoms with E-state index in [1.807, 2.05) is 0 Å². The number of nitro groups is 1. The molecule has 0 saturated heterocycles. The third-order valence-electron chi connectivity index (χ3n) is 2.14. The Morgan fingerprint density at radius 2 is 2.22 bits per heavy atom. The van der Waals surface area contributed by atoms with Crippen molar-refractivity contribution in [2.45, 2.75) is 13.8 Å². The first kappa shape index (κ1) is 14.1. The highest BCUT2D eigenvalue weighted by Crippen LogP contribution is 2.26. The van der Waals surface area contributed by atoms with Gasteiger partial charge in [0.25, 0.3) is 5.69 Å². The molecule has 18 heavy (non-hydrogen) atoms. The van der Waals surface area contributed by atoms with Crippen molar-refractivity contribution in [2.24, 2.45) is 0 Å². The number of hydrogen-bond acceptors (Lipinski definition) is 5. The van der Waals surface area contributed by atoms with E-state index in [1.165, 1.54) is 13.0 Å². The van der Waals surface area contributed by atoms with Gasteiger partial charge in [0.15, 0.2) is 5.12 Å². The molecule has 0 aliphatic heterocycles. The van der Waals surface area contributed by atoms with E-state index in [0.29, 0.717) is 16.9 Å². The van der Waals surface area contributed by atoms with E-state index in [2.05, 4.69) is 11.8 Å². The summed E-state index contributed by atoms with van der Waals surface area (Å²) in [4.78, 5) is 20.9. The number of anilines is 1. The number of nitrogens with zero attached hydrogens (tertiary/aromatic N) is 1. The summed E-state index contributed by atoms with van der Waals surface area (Å²) in [6.45, 7) is 3.16. The fraction of sp³-hybridized carbons (Fsp3) is 0.250. The van der Waals surface area contributed by atoms with Gasteiger partial charge in [-0.15, -0.1) is 0 Å². The van der Waals surface area contributed by atoms with Crippen molar-refractivity contribution in [3.63, 3.8) is 0 Å². The first-order valence-corrected chi connectivity index (χ1v) is 6.07. The topological polar surface area (TPSA) is 86.2 Å². The maximum absolute atomic E-state index is 10.8. The molecule has 5 nitrogen and oxygen atoms in total. The van der Waals surface area contributed by atoms with Gasteiger partial charge in [0.1, 0.15) is 5.69 Å². The van der Waals surface area contributed by atoms with Gasteiger partial charge in [-0.2, -0.15) is 0 Å². The molecule has 0 unspecified atom stereocenters. The molecular formula is C12H12N2O3S. The number of carbonyl (C=O) groups is 1. The van der Waals surface area contributed by atoms with Crippen LogP contribution in [0.25, 0.3) is 0 Å². The number of nitrogen functional groups attached to an aromatic ring is 1. The number of aryl methyl sites for hydroxylation is 1. The zero-order valence-corrected chi connectivity index (χ0v) is 10.8. The second-order valence-corrected chi connectivity index (χ2v) is 4.72. The van der Waals surface area contributed by atoms with E-state index < -0.39 is 4.92 Å². The van der Waals surface area contributed by atoms with Crippen LogP contribution in [0.5, 0.6) is 0 Å². The minimum atomic E-state index is -0.530. The third-order valence-corrected chi connectivity index (χ3v) is 2.84. The lowest BCUT2D eigenvalue weighted by Gasteiger charge is -2.01. The Morgan fingerprint density at radius 1 is 1.56 bits per heavy atom. The summed E-state index contributed by atoms with van der Waals surface area (Å²) < 4.78 is 0. The number of nitrogens with two attached hydrogens (primary N) is 1. The Hall–Kier alpha value is -2.00. The molecule has 0 atom stereocenters. The summed E-state index contributed by atoms with van der Waals surface area (Å²) in [6, 6.07) is 3.03. The summed E-state index contributed by atoms with van der Waals surface area (Å²) in [5.74, 6) is 5.92. The highest BCUT2D eigenvalue weighted by Gasteiger charge is 2.14. The molecule has 2 N–H and O–H groups in total. The van der Waals surface area contributed by atoms with Gasteiger partial charge in [-0.1, -0.05) is 23.6 Å². The number of rotatable bonds is 2. The maximum Gasteiger partial charge on any atom is 0.293 e. The molecule has 1 aromatic rings. The Bertz CT molecular complexity index is 558. The van der Waals surface area contributed by atoms with E-state index >= 15 is 0 Å². The van der Waals surface area contributed by atoms with Crippen molar-refractivity contribution in [3.8, 4) is 11.8 Å². The molecule has 1 aromatic carbocycles. The van der Waals surface area contributed by atoms with E-state index in [0.717, 1.165) is 11.8 Å². The van der Waals surface area contributed by atoms with Crippen LogP contribution in [0.1, 0.15) is 18.1 Å². The van der Waals surface area contributed by atoms with Crippen LogP contribution in [0.15, 0.2) is 12.1 Å². The molecule has 0 amide bonds. The number of nitro benzene ring substituents is 1. The zero-order chi connectivity index (χ0) is 13.7. The van der Waals surface area contributed by atoms with Crippen LogP contribution in [0.3, 0.4) is 0 Å². The number of carbonyl (C=O) groups excluding carboxylic acids is 1. The minimum Gasteiger partial charge on any atom is -0.393 e. The summed E-state index contributed by atoms with van der Waals surface area (Å²) in [6.07, 6.45) is 0. The molecule has 1 rings (SSSR count). The maximum atomic E-state index is 10.8. The van der Waals surface area contributed by atoms with Crippen molar-refractivity contribution in [3.05, 3.63) is 33.4 Å². The van der Waals surface area contributed by atoms with Crippen LogP contribution in [-0.2, 0) is 4.79 Å². The lowest BCUT2D eigenvalue weighted by Crippen LogP contribution is -1.99. The first-order chi connectivity index (χ1) is 8.41. The number of thioether (sulfide) groups is 1. The predicted molar refractivity (Wildman–Crippen MR) is 72.3 cm³/mol. The average molecular weight is 264 g/mol. The van der Waals surface area contributed by atoms with E-state index in [1.54, 1.807) is 13.0 Å². The van der Waals surface area contributed by atoms with Gasteiger partial charge >= 0.3 is 0 Å². The second kappa shape index (κ2) is 6.07. The van der Waals surface area contributed by atoms with Crippen LogP contribution in [0.4, 0.5) is 11.4 Å². The van der Waals surface area contributed by atoms with Crippen molar-refractivity contribution >= 4 is 28.3 Å². The Balaban J connectivity index is 2.97. The minimum absolute atomic E-state index is 0.0104. The summed E-state index contributed by atoms with van der Waals surface area (Å²) in [5, 5.41) is 10.8. The Labute approximate surface area is 109 Å². The van der Waals surface area contributed by atoms with Crippen LogP contribution >= 0.6 is 11.8 Å². The molecular weight excluding hydrogens is 252 g/mol. The molecule has 6 heteroatoms. The Morgan fingerprint density at radius 3 is 2.78 bits per heavy atom. The molecule has 94 valence electrons. The monoisotopic (exact) mass is 264 g/mol. The fourth-order valence-corrected chi connectivity index (χ4v) is 1.63. The van der Waals surface area contributed by atoms with Gasteiger partial charge < -0.3 is 5.73 Å². The van der Waals surface area contributed by atoms with Crippen LogP contribution in [-0.4, -0.2) is 15.8 Å². The quantitative estimate of drug-likeness (QED) is 0.382. The summed E-state index contributed by atoms with van der Waals surface area (Å²) >= 11 is 1.10. The Kier molecular flexibility index (Phi) is 4.75. The molecule has 0 spiro atoms. The van der Waals surface area contributed by atoms with Crippen molar-refractivity contribution in [1.82, 2.24) is 0 Å². The summed E-state index contributed by atoms with van der Waals surface area (Å²) in [5.41, 5.74) is 6.77. The molecule has 0 fully saturated rings. The second-order valence-electron chi connectivity index (χ2n) is 3.57. The average Bonchev–Trinajstić information content (AvgIpc) is 2.28. The molecule has 0 aliphatic carbocycles. The molecule has 0 heterocycles. The molecule has 0 saturated carbocycles. The van der Waals surface area contributed by atoms with Crippen molar-refractivity contribution < 1.29 is 9.72 Å². The molecule has 0 aliphatic rings. The van der Waals surface area contributed by atoms with E-state index in [9.17, 15) is 14.9 Å². The molecule has 0 bridgehead atoms. The van der Waals surface area contributed by atoms with Gasteiger partial charge in [0, 0.05) is 18.6 Å². The van der Waals surface area contributed by atoms with Crippen molar-refractivity contribution in [2.75, 3.05) is 11.5 Å². The SMILES string of the molecule is CC(=O)SCC#Cc1cc(C)c(N)c([N+](=O)[O-])c1. The van der Waals surface area contributed by atoms with Gasteiger partial charge in [-0.25, -0.2) is 0 Å². The van der Waals surface area contributed by atoms with E-state index in [-0.39, 0.29) is 16.5 Å². The smallest absolute Gasteiger partial charge is 0.293 e. The highest BCUT2D eigenvalue weighted by atomic mass is 32.2. The van der Waals surface area contributed by atoms with E-state index in [4.69, 9.17) is 5.73 Å². The third kappa shape index (κ3) is 3.79. The lowest BCUT2D eigenvalue weighted by atomic mass is 10.1. The lowest BCUT2D eigenvalue weighted by molar-refractivity contribution is -0.383.